The highest BCUT2D eigenvalue weighted by Crippen LogP contribution is 2.33. The van der Waals surface area contributed by atoms with Gasteiger partial charge in [0.1, 0.15) is 6.29 Å². The molecule has 5 nitrogen and oxygen atoms in total. The van der Waals surface area contributed by atoms with E-state index in [4.69, 9.17) is 5.73 Å². The molecule has 5 heteroatoms. The lowest BCUT2D eigenvalue weighted by Gasteiger charge is -2.14. The van der Waals surface area contributed by atoms with Crippen molar-refractivity contribution in [3.05, 3.63) is 71.3 Å². The van der Waals surface area contributed by atoms with Crippen LogP contribution in [0.2, 0.25) is 0 Å². The first-order valence-corrected chi connectivity index (χ1v) is 9.26. The molecule has 0 spiro atoms. The summed E-state index contributed by atoms with van der Waals surface area (Å²) in [5.74, 6) is -0.809. The SMILES string of the molecule is CCCCNC(=O)c1ccc(-c2ccc(C=O)cc2)c2cccc(C(N)=O)c12. The number of hydrogen-bond acceptors (Lipinski definition) is 3. The topological polar surface area (TPSA) is 89.3 Å². The molecule has 0 aliphatic rings. The second kappa shape index (κ2) is 8.48. The Morgan fingerprint density at radius 2 is 1.75 bits per heavy atom. The third-order valence-corrected chi connectivity index (χ3v) is 4.72. The van der Waals surface area contributed by atoms with Crippen LogP contribution in [0, 0.1) is 0 Å². The highest BCUT2D eigenvalue weighted by atomic mass is 16.2. The molecular formula is C23H22N2O3. The van der Waals surface area contributed by atoms with E-state index in [1.165, 1.54) is 0 Å². The third-order valence-electron chi connectivity index (χ3n) is 4.72. The lowest BCUT2D eigenvalue weighted by molar-refractivity contribution is 0.0954. The molecule has 0 atom stereocenters. The summed E-state index contributed by atoms with van der Waals surface area (Å²) in [4.78, 5) is 35.7. The van der Waals surface area contributed by atoms with E-state index in [-0.39, 0.29) is 5.91 Å². The van der Waals surface area contributed by atoms with Crippen molar-refractivity contribution in [1.29, 1.82) is 0 Å². The molecule has 0 aliphatic heterocycles. The predicted octanol–water partition coefficient (Wildman–Crippen LogP) is 3.95. The van der Waals surface area contributed by atoms with Gasteiger partial charge in [0.15, 0.2) is 0 Å². The largest absolute Gasteiger partial charge is 0.366 e. The average molecular weight is 374 g/mol. The Bertz CT molecular complexity index is 1040. The van der Waals surface area contributed by atoms with Gasteiger partial charge in [-0.25, -0.2) is 0 Å². The molecule has 0 heterocycles. The summed E-state index contributed by atoms with van der Waals surface area (Å²) in [5, 5.41) is 4.21. The Morgan fingerprint density at radius 1 is 1.00 bits per heavy atom. The van der Waals surface area contributed by atoms with Crippen LogP contribution in [0.5, 0.6) is 0 Å². The predicted molar refractivity (Wildman–Crippen MR) is 111 cm³/mol. The number of nitrogens with two attached hydrogens (primary N) is 1. The van der Waals surface area contributed by atoms with Gasteiger partial charge in [-0.15, -0.1) is 0 Å². The maximum absolute atomic E-state index is 12.7. The summed E-state index contributed by atoms with van der Waals surface area (Å²) in [5.41, 5.74) is 8.65. The van der Waals surface area contributed by atoms with E-state index in [9.17, 15) is 14.4 Å². The van der Waals surface area contributed by atoms with Gasteiger partial charge in [-0.05, 0) is 35.1 Å². The van der Waals surface area contributed by atoms with Crippen LogP contribution in [0.3, 0.4) is 0 Å². The van der Waals surface area contributed by atoms with Crippen LogP contribution in [0.1, 0.15) is 50.8 Å². The fourth-order valence-corrected chi connectivity index (χ4v) is 3.27. The van der Waals surface area contributed by atoms with Crippen molar-refractivity contribution in [3.63, 3.8) is 0 Å². The zero-order valence-corrected chi connectivity index (χ0v) is 15.7. The highest BCUT2D eigenvalue weighted by molar-refractivity contribution is 6.18. The van der Waals surface area contributed by atoms with Crippen molar-refractivity contribution in [1.82, 2.24) is 5.32 Å². The lowest BCUT2D eigenvalue weighted by atomic mass is 9.91. The number of primary amides is 1. The van der Waals surface area contributed by atoms with Crippen molar-refractivity contribution in [2.75, 3.05) is 6.54 Å². The Balaban J connectivity index is 2.19. The number of hydrogen-bond donors (Lipinski definition) is 2. The summed E-state index contributed by atoms with van der Waals surface area (Å²) in [6.45, 7) is 2.63. The van der Waals surface area contributed by atoms with Crippen molar-refractivity contribution in [2.45, 2.75) is 19.8 Å². The Kier molecular flexibility index (Phi) is 5.84. The minimum Gasteiger partial charge on any atom is -0.366 e. The molecule has 0 aromatic heterocycles. The molecule has 28 heavy (non-hydrogen) atoms. The van der Waals surface area contributed by atoms with Crippen LogP contribution >= 0.6 is 0 Å². The normalized spacial score (nSPS) is 10.6. The smallest absolute Gasteiger partial charge is 0.251 e. The summed E-state index contributed by atoms with van der Waals surface area (Å²) < 4.78 is 0. The number of aldehydes is 1. The molecule has 142 valence electrons. The maximum Gasteiger partial charge on any atom is 0.251 e. The van der Waals surface area contributed by atoms with Gasteiger partial charge >= 0.3 is 0 Å². The molecule has 0 saturated carbocycles. The van der Waals surface area contributed by atoms with Crippen LogP contribution < -0.4 is 11.1 Å². The van der Waals surface area contributed by atoms with Gasteiger partial charge in [0.2, 0.25) is 5.91 Å². The number of unbranched alkanes of at least 4 members (excludes halogenated alkanes) is 1. The number of benzene rings is 3. The van der Waals surface area contributed by atoms with Crippen LogP contribution in [-0.4, -0.2) is 24.6 Å². The first-order chi connectivity index (χ1) is 13.6. The molecule has 0 fully saturated rings. The van der Waals surface area contributed by atoms with E-state index in [0.717, 1.165) is 35.6 Å². The average Bonchev–Trinajstić information content (AvgIpc) is 2.72. The molecule has 2 amide bonds. The van der Waals surface area contributed by atoms with Gasteiger partial charge < -0.3 is 11.1 Å². The summed E-state index contributed by atoms with van der Waals surface area (Å²) >= 11 is 0. The third kappa shape index (κ3) is 3.78. The number of amides is 2. The van der Waals surface area contributed by atoms with E-state index in [2.05, 4.69) is 12.2 Å². The van der Waals surface area contributed by atoms with E-state index in [1.807, 2.05) is 24.3 Å². The Morgan fingerprint density at radius 3 is 2.39 bits per heavy atom. The molecular weight excluding hydrogens is 352 g/mol. The summed E-state index contributed by atoms with van der Waals surface area (Å²) in [7, 11) is 0. The van der Waals surface area contributed by atoms with Crippen LogP contribution in [0.15, 0.2) is 54.6 Å². The number of fused-ring (bicyclic) bond motifs is 1. The minimum atomic E-state index is -0.582. The monoisotopic (exact) mass is 374 g/mol. The molecule has 3 aromatic rings. The number of nitrogens with one attached hydrogen (secondary N) is 1. The summed E-state index contributed by atoms with van der Waals surface area (Å²) in [6, 6.07) is 16.0. The molecule has 3 aromatic carbocycles. The molecule has 0 aliphatic carbocycles. The van der Waals surface area contributed by atoms with Crippen molar-refractivity contribution in [2.24, 2.45) is 5.73 Å². The van der Waals surface area contributed by atoms with Crippen LogP contribution in [-0.2, 0) is 0 Å². The van der Waals surface area contributed by atoms with Crippen molar-refractivity contribution >= 4 is 28.9 Å². The maximum atomic E-state index is 12.7. The zero-order valence-electron chi connectivity index (χ0n) is 15.7. The van der Waals surface area contributed by atoms with E-state index >= 15 is 0 Å². The van der Waals surface area contributed by atoms with Gasteiger partial charge in [-0.1, -0.05) is 55.8 Å². The van der Waals surface area contributed by atoms with E-state index < -0.39 is 5.91 Å². The Labute approximate surface area is 163 Å². The van der Waals surface area contributed by atoms with E-state index in [0.29, 0.717) is 28.6 Å². The standard InChI is InChI=1S/C23H22N2O3/c1-2-3-13-25-23(28)20-12-11-17(16-9-7-15(14-26)8-10-16)18-5-4-6-19(21(18)20)22(24)27/h4-12,14H,2-3,13H2,1H3,(H2,24,27)(H,25,28). The fraction of sp³-hybridized carbons (Fsp3) is 0.174. The molecule has 0 saturated heterocycles. The van der Waals surface area contributed by atoms with Gasteiger partial charge in [-0.3, -0.25) is 14.4 Å². The summed E-state index contributed by atoms with van der Waals surface area (Å²) in [6.07, 6.45) is 2.65. The molecule has 0 bridgehead atoms. The molecule has 0 unspecified atom stereocenters. The van der Waals surface area contributed by atoms with Crippen molar-refractivity contribution in [3.8, 4) is 11.1 Å². The fourth-order valence-electron chi connectivity index (χ4n) is 3.27. The van der Waals surface area contributed by atoms with Gasteiger partial charge in [0.05, 0.1) is 0 Å². The first-order valence-electron chi connectivity index (χ1n) is 9.26. The van der Waals surface area contributed by atoms with E-state index in [1.54, 1.807) is 30.3 Å². The molecule has 0 radical (unpaired) electrons. The lowest BCUT2D eigenvalue weighted by Crippen LogP contribution is -2.25. The number of carbonyl (C=O) groups excluding carboxylic acids is 3. The highest BCUT2D eigenvalue weighted by Gasteiger charge is 2.18. The molecule has 3 rings (SSSR count). The second-order valence-corrected chi connectivity index (χ2v) is 6.60. The van der Waals surface area contributed by atoms with Crippen molar-refractivity contribution < 1.29 is 14.4 Å². The van der Waals surface area contributed by atoms with Gasteiger partial charge in [0, 0.05) is 28.6 Å². The van der Waals surface area contributed by atoms with Gasteiger partial charge in [-0.2, -0.15) is 0 Å². The zero-order chi connectivity index (χ0) is 20.1. The van der Waals surface area contributed by atoms with Crippen LogP contribution in [0.25, 0.3) is 21.9 Å². The number of carbonyl (C=O) groups is 3. The second-order valence-electron chi connectivity index (χ2n) is 6.60. The minimum absolute atomic E-state index is 0.227. The number of rotatable bonds is 7. The molecule has 3 N–H and O–H groups in total. The Hall–Kier alpha value is -3.47. The quantitative estimate of drug-likeness (QED) is 0.485. The van der Waals surface area contributed by atoms with Crippen LogP contribution in [0.4, 0.5) is 0 Å². The van der Waals surface area contributed by atoms with Gasteiger partial charge in [0.25, 0.3) is 5.91 Å². The first kappa shape index (κ1) is 19.3.